The monoisotopic (exact) mass is 552 g/mol. The van der Waals surface area contributed by atoms with Gasteiger partial charge in [-0.1, -0.05) is 105 Å². The number of fused-ring (bicyclic) bond motifs is 1. The second-order valence-electron chi connectivity index (χ2n) is 11.7. The molecule has 0 amide bonds. The van der Waals surface area contributed by atoms with Crippen LogP contribution in [0.5, 0.6) is 0 Å². The third kappa shape index (κ3) is 3.69. The summed E-state index contributed by atoms with van der Waals surface area (Å²) in [4.78, 5) is 22.4. The van der Waals surface area contributed by atoms with Crippen molar-refractivity contribution in [3.05, 3.63) is 107 Å². The van der Waals surface area contributed by atoms with E-state index in [-0.39, 0.29) is 17.4 Å². The highest BCUT2D eigenvalue weighted by molar-refractivity contribution is 6.99. The van der Waals surface area contributed by atoms with Crippen LogP contribution in [0.15, 0.2) is 101 Å². The second-order valence-corrected chi connectivity index (χ2v) is 16.0. The molecule has 3 aromatic carbocycles. The summed E-state index contributed by atoms with van der Waals surface area (Å²) in [7, 11) is -2.94. The molecular weight excluding hydrogens is 520 g/mol. The number of hydrogen-bond donors (Lipinski definition) is 0. The summed E-state index contributed by atoms with van der Waals surface area (Å²) in [5.41, 5.74) is 7.60. The standard InChI is InChI=1S/C31H32N4O4Si/c1-21-31(33-27(38-21)22-14-8-5-9-15-22)25(34-35-32)26-30(39-26,28(31)36)20-37-40(29(2,3)4,23-16-10-6-11-17-23)24-18-12-7-13-19-24/h5-19,21,25-26H,20H2,1-4H3/t21-,25-,26-,30-,31-/m0/s1. The van der Waals surface area contributed by atoms with Crippen molar-refractivity contribution in [1.29, 1.82) is 0 Å². The van der Waals surface area contributed by atoms with E-state index >= 15 is 0 Å². The Kier molecular flexibility index (Phi) is 6.23. The van der Waals surface area contributed by atoms with Crippen LogP contribution >= 0.6 is 0 Å². The van der Waals surface area contributed by atoms with Gasteiger partial charge in [-0.3, -0.25) is 4.79 Å². The Balaban J connectivity index is 1.42. The van der Waals surface area contributed by atoms with Crippen molar-refractivity contribution in [3.63, 3.8) is 0 Å². The molecule has 1 spiro atoms. The van der Waals surface area contributed by atoms with Crippen LogP contribution in [0.25, 0.3) is 10.4 Å². The number of nitrogens with zero attached hydrogens (tertiary/aromatic N) is 4. The van der Waals surface area contributed by atoms with Crippen LogP contribution in [0.3, 0.4) is 0 Å². The zero-order valence-corrected chi connectivity index (χ0v) is 24.0. The van der Waals surface area contributed by atoms with Gasteiger partial charge in [0, 0.05) is 10.5 Å². The highest BCUT2D eigenvalue weighted by Crippen LogP contribution is 2.58. The largest absolute Gasteiger partial charge is 0.471 e. The molecule has 0 aromatic heterocycles. The molecule has 0 radical (unpaired) electrons. The molecule has 1 saturated heterocycles. The van der Waals surface area contributed by atoms with Crippen molar-refractivity contribution in [2.24, 2.45) is 10.1 Å². The molecule has 204 valence electrons. The first-order chi connectivity index (χ1) is 19.2. The number of carbonyl (C=O) groups is 1. The van der Waals surface area contributed by atoms with Gasteiger partial charge in [0.15, 0.2) is 11.1 Å². The number of carbonyl (C=O) groups excluding carboxylic acids is 1. The first kappa shape index (κ1) is 26.5. The molecular formula is C31H32N4O4Si. The summed E-state index contributed by atoms with van der Waals surface area (Å²) in [5, 5.41) is 6.01. The average molecular weight is 553 g/mol. The summed E-state index contributed by atoms with van der Waals surface area (Å²) in [5.74, 6) is 0.114. The third-order valence-electron chi connectivity index (χ3n) is 8.54. The highest BCUT2D eigenvalue weighted by atomic mass is 28.4. The molecule has 0 unspecified atom stereocenters. The first-order valence-electron chi connectivity index (χ1n) is 13.5. The van der Waals surface area contributed by atoms with Crippen LogP contribution < -0.4 is 10.4 Å². The van der Waals surface area contributed by atoms with Crippen LogP contribution in [-0.4, -0.2) is 56.0 Å². The fourth-order valence-electron chi connectivity index (χ4n) is 6.56. The first-order valence-corrected chi connectivity index (χ1v) is 15.5. The number of azide groups is 1. The Hall–Kier alpha value is -3.75. The summed E-state index contributed by atoms with van der Waals surface area (Å²) in [6.07, 6.45) is -1.27. The number of ether oxygens (including phenoxy) is 2. The van der Waals surface area contributed by atoms with Gasteiger partial charge < -0.3 is 13.9 Å². The van der Waals surface area contributed by atoms with E-state index in [1.807, 2.05) is 66.7 Å². The molecule has 2 fully saturated rings. The van der Waals surface area contributed by atoms with Crippen molar-refractivity contribution in [1.82, 2.24) is 0 Å². The zero-order chi connectivity index (χ0) is 28.2. The number of ketones is 1. The summed E-state index contributed by atoms with van der Waals surface area (Å²) in [6, 6.07) is 29.1. The zero-order valence-electron chi connectivity index (χ0n) is 23.0. The summed E-state index contributed by atoms with van der Waals surface area (Å²) < 4.78 is 19.4. The van der Waals surface area contributed by atoms with E-state index in [0.29, 0.717) is 5.90 Å². The van der Waals surface area contributed by atoms with E-state index in [0.717, 1.165) is 15.9 Å². The minimum Gasteiger partial charge on any atom is -0.471 e. The Labute approximate surface area is 234 Å². The van der Waals surface area contributed by atoms with Crippen LogP contribution in [0, 0.1) is 0 Å². The van der Waals surface area contributed by atoms with Gasteiger partial charge in [0.05, 0.1) is 6.61 Å². The van der Waals surface area contributed by atoms with Gasteiger partial charge >= 0.3 is 0 Å². The van der Waals surface area contributed by atoms with E-state index in [4.69, 9.17) is 18.9 Å². The number of aliphatic imine (C=N–C) groups is 1. The molecule has 2 aliphatic heterocycles. The maximum Gasteiger partial charge on any atom is 0.261 e. The van der Waals surface area contributed by atoms with Crippen molar-refractivity contribution < 1.29 is 18.7 Å². The van der Waals surface area contributed by atoms with Gasteiger partial charge in [-0.25, -0.2) is 4.99 Å². The number of epoxide rings is 1. The van der Waals surface area contributed by atoms with Crippen molar-refractivity contribution >= 4 is 30.4 Å². The Morgan fingerprint density at radius 3 is 2.05 bits per heavy atom. The Bertz CT molecular complexity index is 1470. The number of rotatable bonds is 7. The third-order valence-corrected chi connectivity index (χ3v) is 13.5. The van der Waals surface area contributed by atoms with Crippen LogP contribution in [-0.2, 0) is 18.7 Å². The predicted octanol–water partition coefficient (Wildman–Crippen LogP) is 4.57. The van der Waals surface area contributed by atoms with Crippen molar-refractivity contribution in [2.75, 3.05) is 6.61 Å². The lowest BCUT2D eigenvalue weighted by Gasteiger charge is -2.43. The van der Waals surface area contributed by atoms with Gasteiger partial charge in [-0.05, 0) is 40.0 Å². The predicted molar refractivity (Wildman–Crippen MR) is 155 cm³/mol. The SMILES string of the molecule is C[C@@H]1OC(c2ccccc2)=N[C@@]12C(=O)[C@@]1(CO[Si](c3ccccc3)(c3ccccc3)C(C)(C)C)O[C@H]1[C@@H]2N=[N+]=[N-]. The van der Waals surface area contributed by atoms with Crippen molar-refractivity contribution in [3.8, 4) is 0 Å². The molecule has 40 heavy (non-hydrogen) atoms. The molecule has 5 atom stereocenters. The fraction of sp³-hybridized carbons (Fsp3) is 0.355. The maximum absolute atomic E-state index is 14.4. The van der Waals surface area contributed by atoms with Gasteiger partial charge in [0.25, 0.3) is 8.32 Å². The van der Waals surface area contributed by atoms with Gasteiger partial charge in [0.1, 0.15) is 18.2 Å². The molecule has 9 heteroatoms. The molecule has 3 aromatic rings. The van der Waals surface area contributed by atoms with Gasteiger partial charge in [-0.15, -0.1) is 0 Å². The minimum absolute atomic E-state index is 0.0336. The highest BCUT2D eigenvalue weighted by Gasteiger charge is 2.82. The molecule has 0 N–H and O–H groups in total. The topological polar surface area (TPSA) is 109 Å². The van der Waals surface area contributed by atoms with E-state index in [1.165, 1.54) is 0 Å². The number of Topliss-reactive ketones (excluding diaryl/α,β-unsaturated/α-hetero) is 1. The normalized spacial score (nSPS) is 28.9. The second kappa shape index (κ2) is 9.42. The quantitative estimate of drug-likeness (QED) is 0.141. The minimum atomic E-state index is -2.94. The fourth-order valence-corrected chi connectivity index (χ4v) is 11.1. The van der Waals surface area contributed by atoms with Gasteiger partial charge in [0.2, 0.25) is 11.7 Å². The molecule has 2 heterocycles. The molecule has 8 nitrogen and oxygen atoms in total. The van der Waals surface area contributed by atoms with E-state index in [9.17, 15) is 10.3 Å². The maximum atomic E-state index is 14.4. The molecule has 1 saturated carbocycles. The van der Waals surface area contributed by atoms with Crippen LogP contribution in [0.2, 0.25) is 5.04 Å². The Morgan fingerprint density at radius 2 is 1.52 bits per heavy atom. The van der Waals surface area contributed by atoms with Crippen LogP contribution in [0.1, 0.15) is 33.3 Å². The van der Waals surface area contributed by atoms with E-state index in [2.05, 4.69) is 55.1 Å². The number of hydrogen-bond acceptors (Lipinski definition) is 6. The van der Waals surface area contributed by atoms with Gasteiger partial charge in [-0.2, -0.15) is 0 Å². The average Bonchev–Trinajstić information content (AvgIpc) is 3.53. The Morgan fingerprint density at radius 1 is 0.975 bits per heavy atom. The number of benzene rings is 3. The van der Waals surface area contributed by atoms with Crippen molar-refractivity contribution in [2.45, 2.75) is 62.1 Å². The lowest BCUT2D eigenvalue weighted by molar-refractivity contribution is -0.132. The van der Waals surface area contributed by atoms with Crippen LogP contribution in [0.4, 0.5) is 0 Å². The molecule has 3 aliphatic rings. The molecule has 6 rings (SSSR count). The summed E-state index contributed by atoms with van der Waals surface area (Å²) in [6.45, 7) is 8.40. The molecule has 1 aliphatic carbocycles. The lowest BCUT2D eigenvalue weighted by Crippen LogP contribution is -2.67. The summed E-state index contributed by atoms with van der Waals surface area (Å²) >= 11 is 0. The van der Waals surface area contributed by atoms with E-state index in [1.54, 1.807) is 6.92 Å². The smallest absolute Gasteiger partial charge is 0.261 e. The lowest BCUT2D eigenvalue weighted by atomic mass is 9.86. The van der Waals surface area contributed by atoms with E-state index < -0.39 is 37.7 Å². The molecule has 0 bridgehead atoms.